The van der Waals surface area contributed by atoms with E-state index in [9.17, 15) is 0 Å². The Balaban J connectivity index is 1.45. The van der Waals surface area contributed by atoms with Crippen LogP contribution in [0.25, 0.3) is 10.8 Å². The zero-order valence-electron chi connectivity index (χ0n) is 15.3. The van der Waals surface area contributed by atoms with E-state index in [0.717, 1.165) is 18.4 Å². The maximum atomic E-state index is 6.24. The van der Waals surface area contributed by atoms with Gasteiger partial charge in [-0.25, -0.2) is 4.98 Å². The predicted octanol–water partition coefficient (Wildman–Crippen LogP) is 5.31. The van der Waals surface area contributed by atoms with Crippen LogP contribution in [0.15, 0.2) is 60.4 Å². The van der Waals surface area contributed by atoms with E-state index in [4.69, 9.17) is 10.5 Å². The van der Waals surface area contributed by atoms with Crippen molar-refractivity contribution in [1.29, 1.82) is 0 Å². The van der Waals surface area contributed by atoms with Gasteiger partial charge in [0, 0.05) is 6.54 Å². The number of ether oxygens (including phenoxy) is 1. The fraction of sp³-hybridized carbons (Fsp3) is 0.273. The first kappa shape index (κ1) is 17.3. The molecule has 1 heterocycles. The van der Waals surface area contributed by atoms with Crippen molar-refractivity contribution in [3.8, 4) is 11.6 Å². The molecule has 3 aromatic rings. The second kappa shape index (κ2) is 8.08. The van der Waals surface area contributed by atoms with Crippen LogP contribution in [-0.4, -0.2) is 16.5 Å². The number of nitrogen functional groups attached to an aromatic ring is 1. The standard InChI is InChI=1S/C22H24N4O/c23-20-21(24-13-12-16-6-2-1-3-7-16)25-15-26-22(20)27-19-11-10-17-8-4-5-9-18(17)14-19/h4-6,8-11,14-15H,1-3,7,12-13,23H2,(H,24,25,26). The van der Waals surface area contributed by atoms with Crippen molar-refractivity contribution < 1.29 is 4.74 Å². The Hall–Kier alpha value is -3.08. The molecule has 0 aliphatic heterocycles. The van der Waals surface area contributed by atoms with E-state index in [1.54, 1.807) is 0 Å². The third kappa shape index (κ3) is 4.19. The summed E-state index contributed by atoms with van der Waals surface area (Å²) < 4.78 is 5.93. The summed E-state index contributed by atoms with van der Waals surface area (Å²) in [4.78, 5) is 8.47. The molecule has 5 nitrogen and oxygen atoms in total. The van der Waals surface area contributed by atoms with Gasteiger partial charge in [-0.15, -0.1) is 0 Å². The molecule has 5 heteroatoms. The summed E-state index contributed by atoms with van der Waals surface area (Å²) in [6.07, 6.45) is 9.88. The normalized spacial score (nSPS) is 14.0. The summed E-state index contributed by atoms with van der Waals surface area (Å²) in [5.74, 6) is 1.70. The number of aromatic nitrogens is 2. The number of benzene rings is 2. The summed E-state index contributed by atoms with van der Waals surface area (Å²) in [5, 5.41) is 5.60. The average molecular weight is 360 g/mol. The smallest absolute Gasteiger partial charge is 0.248 e. The van der Waals surface area contributed by atoms with Gasteiger partial charge in [0.15, 0.2) is 5.82 Å². The quantitative estimate of drug-likeness (QED) is 0.583. The van der Waals surface area contributed by atoms with Gasteiger partial charge in [-0.05, 0) is 55.0 Å². The van der Waals surface area contributed by atoms with Crippen LogP contribution < -0.4 is 15.8 Å². The molecule has 2 aromatic carbocycles. The topological polar surface area (TPSA) is 73.1 Å². The maximum absolute atomic E-state index is 6.24. The summed E-state index contributed by atoms with van der Waals surface area (Å²) in [5.41, 5.74) is 8.19. The molecule has 1 aliphatic rings. The summed E-state index contributed by atoms with van der Waals surface area (Å²) in [6.45, 7) is 0.808. The Morgan fingerprint density at radius 2 is 1.93 bits per heavy atom. The first-order valence-electron chi connectivity index (χ1n) is 9.48. The van der Waals surface area contributed by atoms with Gasteiger partial charge in [-0.2, -0.15) is 4.98 Å². The van der Waals surface area contributed by atoms with E-state index in [2.05, 4.69) is 33.5 Å². The molecular weight excluding hydrogens is 336 g/mol. The fourth-order valence-electron chi connectivity index (χ4n) is 3.42. The highest BCUT2D eigenvalue weighted by Gasteiger charge is 2.11. The molecule has 1 aliphatic carbocycles. The van der Waals surface area contributed by atoms with E-state index >= 15 is 0 Å². The number of nitrogens with zero attached hydrogens (tertiary/aromatic N) is 2. The molecule has 0 spiro atoms. The molecule has 0 fully saturated rings. The van der Waals surface area contributed by atoms with Gasteiger partial charge in [0.25, 0.3) is 0 Å². The molecule has 0 saturated heterocycles. The van der Waals surface area contributed by atoms with E-state index < -0.39 is 0 Å². The van der Waals surface area contributed by atoms with Gasteiger partial charge < -0.3 is 15.8 Å². The van der Waals surface area contributed by atoms with Crippen LogP contribution in [0.1, 0.15) is 32.1 Å². The number of rotatable bonds is 6. The maximum Gasteiger partial charge on any atom is 0.248 e. The van der Waals surface area contributed by atoms with Gasteiger partial charge in [0.1, 0.15) is 17.8 Å². The van der Waals surface area contributed by atoms with Crippen molar-refractivity contribution in [3.05, 3.63) is 60.4 Å². The second-order valence-corrected chi connectivity index (χ2v) is 6.84. The summed E-state index contributed by atoms with van der Waals surface area (Å²) >= 11 is 0. The molecule has 0 atom stereocenters. The van der Waals surface area contributed by atoms with Crippen molar-refractivity contribution in [3.63, 3.8) is 0 Å². The van der Waals surface area contributed by atoms with Crippen molar-refractivity contribution >= 4 is 22.3 Å². The lowest BCUT2D eigenvalue weighted by atomic mass is 9.97. The zero-order chi connectivity index (χ0) is 18.5. The monoisotopic (exact) mass is 360 g/mol. The van der Waals surface area contributed by atoms with E-state index in [-0.39, 0.29) is 0 Å². The Bertz CT molecular complexity index is 967. The third-order valence-corrected chi connectivity index (χ3v) is 4.91. The van der Waals surface area contributed by atoms with Crippen LogP contribution in [0, 0.1) is 0 Å². The Morgan fingerprint density at radius 3 is 2.78 bits per heavy atom. The minimum absolute atomic E-state index is 0.375. The molecule has 0 amide bonds. The van der Waals surface area contributed by atoms with Crippen molar-refractivity contribution in [2.24, 2.45) is 0 Å². The van der Waals surface area contributed by atoms with Gasteiger partial charge in [-0.3, -0.25) is 0 Å². The van der Waals surface area contributed by atoms with Crippen LogP contribution in [0.5, 0.6) is 11.6 Å². The average Bonchev–Trinajstić information content (AvgIpc) is 2.71. The highest BCUT2D eigenvalue weighted by atomic mass is 16.5. The molecule has 4 rings (SSSR count). The van der Waals surface area contributed by atoms with Crippen molar-refractivity contribution in [2.75, 3.05) is 17.6 Å². The third-order valence-electron chi connectivity index (χ3n) is 4.91. The highest BCUT2D eigenvalue weighted by Crippen LogP contribution is 2.31. The van der Waals surface area contributed by atoms with Crippen LogP contribution >= 0.6 is 0 Å². The summed E-state index contributed by atoms with van der Waals surface area (Å²) in [7, 11) is 0. The number of nitrogens with one attached hydrogen (secondary N) is 1. The van der Waals surface area contributed by atoms with Gasteiger partial charge in [0.2, 0.25) is 5.88 Å². The number of hydrogen-bond acceptors (Lipinski definition) is 5. The SMILES string of the molecule is Nc1c(NCCC2=CCCCC2)ncnc1Oc1ccc2ccccc2c1. The molecule has 27 heavy (non-hydrogen) atoms. The molecule has 0 radical (unpaired) electrons. The molecule has 0 bridgehead atoms. The predicted molar refractivity (Wildman–Crippen MR) is 110 cm³/mol. The van der Waals surface area contributed by atoms with E-state index in [1.165, 1.54) is 43.0 Å². The number of hydrogen-bond donors (Lipinski definition) is 2. The molecular formula is C22H24N4O. The largest absolute Gasteiger partial charge is 0.437 e. The molecule has 0 saturated carbocycles. The van der Waals surface area contributed by atoms with E-state index in [0.29, 0.717) is 23.1 Å². The number of nitrogens with two attached hydrogens (primary N) is 1. The molecule has 0 unspecified atom stereocenters. The van der Waals surface area contributed by atoms with Crippen LogP contribution in [0.2, 0.25) is 0 Å². The lowest BCUT2D eigenvalue weighted by molar-refractivity contribution is 0.465. The van der Waals surface area contributed by atoms with Crippen LogP contribution in [-0.2, 0) is 0 Å². The Labute approximate surface area is 159 Å². The Kier molecular flexibility index (Phi) is 5.19. The number of allylic oxidation sites excluding steroid dienone is 1. The highest BCUT2D eigenvalue weighted by molar-refractivity contribution is 5.83. The molecule has 3 N–H and O–H groups in total. The van der Waals surface area contributed by atoms with Crippen LogP contribution in [0.4, 0.5) is 11.5 Å². The van der Waals surface area contributed by atoms with Crippen molar-refractivity contribution in [2.45, 2.75) is 32.1 Å². The molecule has 1 aromatic heterocycles. The first-order chi connectivity index (χ1) is 13.3. The lowest BCUT2D eigenvalue weighted by Gasteiger charge is -2.14. The van der Waals surface area contributed by atoms with Gasteiger partial charge in [0.05, 0.1) is 0 Å². The minimum atomic E-state index is 0.375. The fourth-order valence-corrected chi connectivity index (χ4v) is 3.42. The number of anilines is 2. The van der Waals surface area contributed by atoms with Gasteiger partial charge in [-0.1, -0.05) is 42.0 Å². The zero-order valence-corrected chi connectivity index (χ0v) is 15.3. The van der Waals surface area contributed by atoms with Gasteiger partial charge >= 0.3 is 0 Å². The summed E-state index contributed by atoms with van der Waals surface area (Å²) in [6, 6.07) is 14.1. The second-order valence-electron chi connectivity index (χ2n) is 6.84. The van der Waals surface area contributed by atoms with Crippen molar-refractivity contribution in [1.82, 2.24) is 9.97 Å². The number of fused-ring (bicyclic) bond motifs is 1. The molecule has 138 valence electrons. The lowest BCUT2D eigenvalue weighted by Crippen LogP contribution is -2.09. The minimum Gasteiger partial charge on any atom is -0.437 e. The first-order valence-corrected chi connectivity index (χ1v) is 9.48. The van der Waals surface area contributed by atoms with Crippen LogP contribution in [0.3, 0.4) is 0 Å². The Morgan fingerprint density at radius 1 is 1.04 bits per heavy atom. The van der Waals surface area contributed by atoms with E-state index in [1.807, 2.05) is 30.3 Å².